The maximum absolute atomic E-state index is 15.1. The van der Waals surface area contributed by atoms with E-state index in [4.69, 9.17) is 9.72 Å². The van der Waals surface area contributed by atoms with Crippen LogP contribution in [0.15, 0.2) is 30.5 Å². The number of fused-ring (bicyclic) bond motifs is 2. The fourth-order valence-electron chi connectivity index (χ4n) is 5.70. The Kier molecular flexibility index (Phi) is 6.97. The van der Waals surface area contributed by atoms with Gasteiger partial charge >= 0.3 is 0 Å². The van der Waals surface area contributed by atoms with E-state index in [0.29, 0.717) is 22.7 Å². The van der Waals surface area contributed by atoms with E-state index in [-0.39, 0.29) is 28.8 Å². The number of anilines is 2. The van der Waals surface area contributed by atoms with Crippen LogP contribution in [-0.4, -0.2) is 68.3 Å². The highest BCUT2D eigenvalue weighted by molar-refractivity contribution is 5.83. The molecule has 6 rings (SSSR count). The van der Waals surface area contributed by atoms with Crippen molar-refractivity contribution in [3.63, 3.8) is 0 Å². The Morgan fingerprint density at radius 3 is 2.75 bits per heavy atom. The molecule has 2 aliphatic rings. The molecule has 1 fully saturated rings. The first-order valence-electron chi connectivity index (χ1n) is 13.7. The van der Waals surface area contributed by atoms with E-state index in [1.807, 2.05) is 38.3 Å². The van der Waals surface area contributed by atoms with E-state index in [2.05, 4.69) is 36.6 Å². The Morgan fingerprint density at radius 2 is 1.98 bits per heavy atom. The summed E-state index contributed by atoms with van der Waals surface area (Å²) < 4.78 is 37.9. The molecule has 0 aliphatic carbocycles. The SMILES string of the molecule is Cc1nc2c(F)cc(-c3nc(Nc4ccc5c(n4)CCN(C[C@@H]4CNCCO4)C5)ncc3F)cc2n1C(C)(C)C. The molecule has 210 valence electrons. The number of halogens is 2. The summed E-state index contributed by atoms with van der Waals surface area (Å²) in [5.74, 6) is 0.281. The first kappa shape index (κ1) is 26.7. The summed E-state index contributed by atoms with van der Waals surface area (Å²) in [6.07, 6.45) is 2.12. The molecule has 0 bridgehead atoms. The molecule has 11 heteroatoms. The highest BCUT2D eigenvalue weighted by Gasteiger charge is 2.24. The first-order valence-corrected chi connectivity index (χ1v) is 13.7. The second-order valence-electron chi connectivity index (χ2n) is 11.5. The van der Waals surface area contributed by atoms with Crippen molar-refractivity contribution in [3.05, 3.63) is 59.2 Å². The number of hydrogen-bond acceptors (Lipinski definition) is 8. The van der Waals surface area contributed by atoms with Crippen molar-refractivity contribution < 1.29 is 13.5 Å². The Bertz CT molecular complexity index is 1560. The zero-order chi connectivity index (χ0) is 28.0. The van der Waals surface area contributed by atoms with E-state index in [0.717, 1.165) is 57.6 Å². The minimum atomic E-state index is -0.640. The van der Waals surface area contributed by atoms with Gasteiger partial charge in [0.25, 0.3) is 0 Å². The second kappa shape index (κ2) is 10.5. The van der Waals surface area contributed by atoms with Gasteiger partial charge < -0.3 is 19.9 Å². The van der Waals surface area contributed by atoms with Gasteiger partial charge in [-0.25, -0.2) is 28.7 Å². The lowest BCUT2D eigenvalue weighted by molar-refractivity contribution is 0.00289. The van der Waals surface area contributed by atoms with Gasteiger partial charge in [0.15, 0.2) is 11.6 Å². The number of ether oxygens (including phenoxy) is 1. The summed E-state index contributed by atoms with van der Waals surface area (Å²) in [5, 5.41) is 6.49. The lowest BCUT2D eigenvalue weighted by Gasteiger charge is -2.33. The summed E-state index contributed by atoms with van der Waals surface area (Å²) >= 11 is 0. The molecule has 5 heterocycles. The Hall–Kier alpha value is -3.54. The quantitative estimate of drug-likeness (QED) is 0.381. The minimum Gasteiger partial charge on any atom is -0.374 e. The van der Waals surface area contributed by atoms with Gasteiger partial charge in [0.1, 0.15) is 22.9 Å². The van der Waals surface area contributed by atoms with Crippen LogP contribution in [0.25, 0.3) is 22.3 Å². The van der Waals surface area contributed by atoms with Crippen LogP contribution in [0, 0.1) is 18.6 Å². The Labute approximate surface area is 232 Å². The van der Waals surface area contributed by atoms with Crippen LogP contribution in [-0.2, 0) is 23.2 Å². The maximum atomic E-state index is 15.1. The molecule has 0 saturated carbocycles. The molecular weight excluding hydrogens is 514 g/mol. The zero-order valence-electron chi connectivity index (χ0n) is 23.3. The summed E-state index contributed by atoms with van der Waals surface area (Å²) in [4.78, 5) is 20.1. The highest BCUT2D eigenvalue weighted by Crippen LogP contribution is 2.32. The van der Waals surface area contributed by atoms with Gasteiger partial charge in [-0.3, -0.25) is 4.90 Å². The third-order valence-electron chi connectivity index (χ3n) is 7.40. The molecule has 9 nitrogen and oxygen atoms in total. The molecule has 0 amide bonds. The Balaban J connectivity index is 1.24. The van der Waals surface area contributed by atoms with Crippen LogP contribution >= 0.6 is 0 Å². The largest absolute Gasteiger partial charge is 0.374 e. The fraction of sp³-hybridized carbons (Fsp3) is 0.448. The summed E-state index contributed by atoms with van der Waals surface area (Å²) in [6.45, 7) is 13.0. The topological polar surface area (TPSA) is 93.0 Å². The van der Waals surface area contributed by atoms with E-state index >= 15 is 4.39 Å². The molecule has 1 atom stereocenters. The summed E-state index contributed by atoms with van der Waals surface area (Å²) in [7, 11) is 0. The van der Waals surface area contributed by atoms with Crippen molar-refractivity contribution in [3.8, 4) is 11.3 Å². The fourth-order valence-corrected chi connectivity index (χ4v) is 5.70. The normalized spacial score (nSPS) is 18.2. The molecule has 0 radical (unpaired) electrons. The smallest absolute Gasteiger partial charge is 0.229 e. The second-order valence-corrected chi connectivity index (χ2v) is 11.5. The monoisotopic (exact) mass is 548 g/mol. The van der Waals surface area contributed by atoms with Gasteiger partial charge in [0, 0.05) is 55.9 Å². The van der Waals surface area contributed by atoms with E-state index < -0.39 is 11.6 Å². The maximum Gasteiger partial charge on any atom is 0.229 e. The van der Waals surface area contributed by atoms with Crippen LogP contribution in [0.1, 0.15) is 37.9 Å². The number of aromatic nitrogens is 5. The van der Waals surface area contributed by atoms with Gasteiger partial charge in [-0.15, -0.1) is 0 Å². The number of rotatable bonds is 5. The average molecular weight is 549 g/mol. The van der Waals surface area contributed by atoms with Crippen LogP contribution in [0.3, 0.4) is 0 Å². The van der Waals surface area contributed by atoms with Crippen molar-refractivity contribution in [2.24, 2.45) is 0 Å². The number of imidazole rings is 1. The average Bonchev–Trinajstić information content (AvgIpc) is 3.27. The lowest BCUT2D eigenvalue weighted by atomic mass is 10.0. The standard InChI is InChI=1S/C29H34F2N8O/c1-17-34-27-21(30)11-19(12-24(27)39(17)29(2,3)4)26-22(31)14-33-28(37-26)36-25-6-5-18-15-38(9-7-23(18)35-25)16-20-13-32-8-10-40-20/h5-6,11-12,14,20,32H,7-10,13,15-16H2,1-4H3,(H,33,35,36,37)/t20-/m0/s1. The minimum absolute atomic E-state index is 0.00522. The summed E-state index contributed by atoms with van der Waals surface area (Å²) in [6, 6.07) is 6.94. The molecule has 0 unspecified atom stereocenters. The highest BCUT2D eigenvalue weighted by atomic mass is 19.1. The van der Waals surface area contributed by atoms with Crippen molar-refractivity contribution >= 4 is 22.8 Å². The van der Waals surface area contributed by atoms with Crippen LogP contribution < -0.4 is 10.6 Å². The van der Waals surface area contributed by atoms with E-state index in [9.17, 15) is 4.39 Å². The van der Waals surface area contributed by atoms with Crippen molar-refractivity contribution in [2.45, 2.75) is 52.3 Å². The van der Waals surface area contributed by atoms with Gasteiger partial charge in [0.2, 0.25) is 5.95 Å². The van der Waals surface area contributed by atoms with Crippen molar-refractivity contribution in [1.82, 2.24) is 34.7 Å². The molecule has 0 spiro atoms. The zero-order valence-corrected chi connectivity index (χ0v) is 23.3. The number of pyridine rings is 1. The lowest BCUT2D eigenvalue weighted by Crippen LogP contribution is -2.46. The number of morpholine rings is 1. The number of aryl methyl sites for hydroxylation is 1. The molecule has 40 heavy (non-hydrogen) atoms. The number of nitrogens with one attached hydrogen (secondary N) is 2. The summed E-state index contributed by atoms with van der Waals surface area (Å²) in [5.41, 5.74) is 3.02. The Morgan fingerprint density at radius 1 is 1.12 bits per heavy atom. The van der Waals surface area contributed by atoms with E-state index in [1.54, 1.807) is 6.07 Å². The van der Waals surface area contributed by atoms with Crippen LogP contribution in [0.2, 0.25) is 0 Å². The predicted molar refractivity (Wildman–Crippen MR) is 150 cm³/mol. The molecule has 4 aromatic rings. The van der Waals surface area contributed by atoms with E-state index in [1.165, 1.54) is 11.6 Å². The van der Waals surface area contributed by atoms with Crippen LogP contribution in [0.5, 0.6) is 0 Å². The van der Waals surface area contributed by atoms with Crippen molar-refractivity contribution in [1.29, 1.82) is 0 Å². The van der Waals surface area contributed by atoms with Crippen LogP contribution in [0.4, 0.5) is 20.5 Å². The first-order chi connectivity index (χ1) is 19.2. The molecule has 1 saturated heterocycles. The predicted octanol–water partition coefficient (Wildman–Crippen LogP) is 4.32. The van der Waals surface area contributed by atoms with Gasteiger partial charge in [-0.1, -0.05) is 6.07 Å². The molecule has 1 aromatic carbocycles. The van der Waals surface area contributed by atoms with Crippen molar-refractivity contribution in [2.75, 3.05) is 38.1 Å². The van der Waals surface area contributed by atoms with Gasteiger partial charge in [-0.2, -0.15) is 0 Å². The number of benzene rings is 1. The number of nitrogens with zero attached hydrogens (tertiary/aromatic N) is 6. The van der Waals surface area contributed by atoms with Gasteiger partial charge in [-0.05, 0) is 51.5 Å². The third kappa shape index (κ3) is 5.28. The molecule has 2 N–H and O–H groups in total. The molecule has 3 aromatic heterocycles. The third-order valence-corrected chi connectivity index (χ3v) is 7.40. The van der Waals surface area contributed by atoms with Gasteiger partial charge in [0.05, 0.1) is 24.4 Å². The number of hydrogen-bond donors (Lipinski definition) is 2. The molecular formula is C29H34F2N8O. The molecule has 2 aliphatic heterocycles.